The molecule has 148 valence electrons. The second-order valence-corrected chi connectivity index (χ2v) is 5.43. The number of nitrogens with one attached hydrogen (secondary N) is 1. The highest BCUT2D eigenvalue weighted by molar-refractivity contribution is 5.96. The zero-order valence-electron chi connectivity index (χ0n) is 15.9. The summed E-state index contributed by atoms with van der Waals surface area (Å²) in [4.78, 5) is 23.7. The fraction of sp³-hybridized carbons (Fsp3) is 0.250. The summed E-state index contributed by atoms with van der Waals surface area (Å²) >= 11 is 0. The fourth-order valence-corrected chi connectivity index (χ4v) is 2.22. The van der Waals surface area contributed by atoms with Gasteiger partial charge in [0.25, 0.3) is 5.91 Å². The molecule has 0 heterocycles. The van der Waals surface area contributed by atoms with Crippen LogP contribution in [0.4, 0.5) is 0 Å². The van der Waals surface area contributed by atoms with Crippen LogP contribution in [0.1, 0.15) is 22.8 Å². The molecule has 0 saturated heterocycles. The first kappa shape index (κ1) is 20.8. The molecule has 2 aromatic carbocycles. The van der Waals surface area contributed by atoms with Gasteiger partial charge in [0.05, 0.1) is 27.0 Å². The zero-order valence-corrected chi connectivity index (χ0v) is 15.9. The molecule has 0 aliphatic rings. The normalized spacial score (nSPS) is 10.4. The molecule has 8 heteroatoms. The molecule has 28 heavy (non-hydrogen) atoms. The predicted molar refractivity (Wildman–Crippen MR) is 103 cm³/mol. The number of para-hydroxylation sites is 1. The van der Waals surface area contributed by atoms with Crippen LogP contribution < -0.4 is 19.6 Å². The second-order valence-electron chi connectivity index (χ2n) is 5.43. The van der Waals surface area contributed by atoms with Crippen LogP contribution in [-0.2, 0) is 9.53 Å². The summed E-state index contributed by atoms with van der Waals surface area (Å²) in [5.41, 5.74) is 3.36. The van der Waals surface area contributed by atoms with Gasteiger partial charge in [-0.3, -0.25) is 4.79 Å². The lowest BCUT2D eigenvalue weighted by molar-refractivity contribution is -0.145. The number of carbonyl (C=O) groups is 2. The molecule has 0 fully saturated rings. The Morgan fingerprint density at radius 1 is 1.07 bits per heavy atom. The zero-order chi connectivity index (χ0) is 20.4. The molecule has 1 amide bonds. The van der Waals surface area contributed by atoms with Gasteiger partial charge in [-0.25, -0.2) is 10.2 Å². The van der Waals surface area contributed by atoms with Gasteiger partial charge in [-0.05, 0) is 31.2 Å². The Morgan fingerprint density at radius 2 is 1.75 bits per heavy atom. The van der Waals surface area contributed by atoms with Crippen molar-refractivity contribution in [3.63, 3.8) is 0 Å². The Hall–Kier alpha value is -3.55. The van der Waals surface area contributed by atoms with Crippen LogP contribution in [0.15, 0.2) is 47.6 Å². The number of hydrazone groups is 1. The van der Waals surface area contributed by atoms with Crippen molar-refractivity contribution in [2.24, 2.45) is 5.10 Å². The minimum Gasteiger partial charge on any atom is -0.497 e. The van der Waals surface area contributed by atoms with Crippen LogP contribution >= 0.6 is 0 Å². The Bertz CT molecular complexity index is 828. The van der Waals surface area contributed by atoms with E-state index in [0.29, 0.717) is 28.4 Å². The molecule has 0 atom stereocenters. The Kier molecular flexibility index (Phi) is 7.83. The fourth-order valence-electron chi connectivity index (χ4n) is 2.22. The summed E-state index contributed by atoms with van der Waals surface area (Å²) in [6.07, 6.45) is 1.43. The van der Waals surface area contributed by atoms with Crippen LogP contribution in [0.3, 0.4) is 0 Å². The maximum absolute atomic E-state index is 12.3. The van der Waals surface area contributed by atoms with E-state index in [9.17, 15) is 9.59 Å². The van der Waals surface area contributed by atoms with Crippen molar-refractivity contribution in [3.8, 4) is 17.2 Å². The predicted octanol–water partition coefficient (Wildman–Crippen LogP) is 2.41. The number of carbonyl (C=O) groups excluding carboxylic acids is 2. The number of methoxy groups -OCH3 is 2. The maximum atomic E-state index is 12.3. The molecule has 0 saturated carbocycles. The molecule has 0 bridgehead atoms. The Labute approximate surface area is 163 Å². The van der Waals surface area contributed by atoms with E-state index in [2.05, 4.69) is 10.5 Å². The molecular formula is C20H22N2O6. The van der Waals surface area contributed by atoms with Crippen molar-refractivity contribution in [1.29, 1.82) is 0 Å². The molecule has 0 radical (unpaired) electrons. The maximum Gasteiger partial charge on any atom is 0.344 e. The molecule has 1 N–H and O–H groups in total. The number of esters is 1. The SMILES string of the molecule is CCOC(=O)COc1ccccc1/C=N\NC(=O)c1cc(OC)cc(OC)c1. The smallest absolute Gasteiger partial charge is 0.344 e. The van der Waals surface area contributed by atoms with Crippen molar-refractivity contribution >= 4 is 18.1 Å². The number of hydrogen-bond acceptors (Lipinski definition) is 7. The molecule has 2 aromatic rings. The third-order valence-electron chi connectivity index (χ3n) is 3.55. The van der Waals surface area contributed by atoms with Gasteiger partial charge < -0.3 is 18.9 Å². The van der Waals surface area contributed by atoms with E-state index in [1.165, 1.54) is 20.4 Å². The lowest BCUT2D eigenvalue weighted by Gasteiger charge is -2.08. The molecule has 0 aliphatic carbocycles. The minimum absolute atomic E-state index is 0.214. The standard InChI is InChI=1S/C20H22N2O6/c1-4-27-19(23)13-28-18-8-6-5-7-14(18)12-21-22-20(24)15-9-16(25-2)11-17(10-15)26-3/h5-12H,4,13H2,1-3H3,(H,22,24)/b21-12-. The first-order valence-electron chi connectivity index (χ1n) is 8.51. The number of hydrogen-bond donors (Lipinski definition) is 1. The summed E-state index contributed by atoms with van der Waals surface area (Å²) in [5.74, 6) is 0.530. The van der Waals surface area contributed by atoms with Crippen LogP contribution in [0.25, 0.3) is 0 Å². The van der Waals surface area contributed by atoms with Crippen molar-refractivity contribution in [1.82, 2.24) is 5.43 Å². The van der Waals surface area contributed by atoms with Crippen molar-refractivity contribution in [3.05, 3.63) is 53.6 Å². The van der Waals surface area contributed by atoms with E-state index in [1.807, 2.05) is 0 Å². The van der Waals surface area contributed by atoms with Crippen LogP contribution in [0, 0.1) is 0 Å². The molecule has 0 spiro atoms. The van der Waals surface area contributed by atoms with E-state index in [4.69, 9.17) is 18.9 Å². The van der Waals surface area contributed by atoms with Gasteiger partial charge in [-0.2, -0.15) is 5.10 Å². The third kappa shape index (κ3) is 6.01. The van der Waals surface area contributed by atoms with Gasteiger partial charge in [0.15, 0.2) is 6.61 Å². The number of rotatable bonds is 9. The van der Waals surface area contributed by atoms with Crippen molar-refractivity contribution in [2.75, 3.05) is 27.4 Å². The summed E-state index contributed by atoms with van der Waals surface area (Å²) < 4.78 is 20.6. The number of benzene rings is 2. The van der Waals surface area contributed by atoms with Crippen molar-refractivity contribution in [2.45, 2.75) is 6.92 Å². The van der Waals surface area contributed by atoms with Gasteiger partial charge in [-0.1, -0.05) is 12.1 Å². The number of amides is 1. The lowest BCUT2D eigenvalue weighted by atomic mass is 10.2. The average molecular weight is 386 g/mol. The van der Waals surface area contributed by atoms with Gasteiger partial charge >= 0.3 is 5.97 Å². The van der Waals surface area contributed by atoms with Crippen LogP contribution in [0.2, 0.25) is 0 Å². The van der Waals surface area contributed by atoms with E-state index in [0.717, 1.165) is 0 Å². The van der Waals surface area contributed by atoms with Crippen LogP contribution in [-0.4, -0.2) is 45.5 Å². The molecular weight excluding hydrogens is 364 g/mol. The van der Waals surface area contributed by atoms with E-state index >= 15 is 0 Å². The minimum atomic E-state index is -0.463. The monoisotopic (exact) mass is 386 g/mol. The highest BCUT2D eigenvalue weighted by Crippen LogP contribution is 2.22. The average Bonchev–Trinajstić information content (AvgIpc) is 2.72. The van der Waals surface area contributed by atoms with Gasteiger partial charge in [0.1, 0.15) is 17.2 Å². The van der Waals surface area contributed by atoms with Crippen LogP contribution in [0.5, 0.6) is 17.2 Å². The van der Waals surface area contributed by atoms with Gasteiger partial charge in [-0.15, -0.1) is 0 Å². The third-order valence-corrected chi connectivity index (χ3v) is 3.55. The van der Waals surface area contributed by atoms with E-state index in [1.54, 1.807) is 49.4 Å². The molecule has 8 nitrogen and oxygen atoms in total. The number of ether oxygens (including phenoxy) is 4. The molecule has 2 rings (SSSR count). The summed E-state index contributed by atoms with van der Waals surface area (Å²) in [5, 5.41) is 3.95. The number of nitrogens with zero attached hydrogens (tertiary/aromatic N) is 1. The second kappa shape index (κ2) is 10.6. The first-order valence-corrected chi connectivity index (χ1v) is 8.51. The van der Waals surface area contributed by atoms with Gasteiger partial charge in [0, 0.05) is 17.2 Å². The van der Waals surface area contributed by atoms with Gasteiger partial charge in [0.2, 0.25) is 0 Å². The lowest BCUT2D eigenvalue weighted by Crippen LogP contribution is -2.18. The van der Waals surface area contributed by atoms with E-state index < -0.39 is 11.9 Å². The molecule has 0 aromatic heterocycles. The quantitative estimate of drug-likeness (QED) is 0.404. The molecule has 0 unspecified atom stereocenters. The highest BCUT2D eigenvalue weighted by Gasteiger charge is 2.10. The molecule has 0 aliphatic heterocycles. The van der Waals surface area contributed by atoms with E-state index in [-0.39, 0.29) is 13.2 Å². The topological polar surface area (TPSA) is 95.5 Å². The Morgan fingerprint density at radius 3 is 2.39 bits per heavy atom. The Balaban J connectivity index is 2.04. The summed E-state index contributed by atoms with van der Waals surface area (Å²) in [7, 11) is 3.00. The largest absolute Gasteiger partial charge is 0.497 e. The van der Waals surface area contributed by atoms with Crippen molar-refractivity contribution < 1.29 is 28.5 Å². The first-order chi connectivity index (χ1) is 13.6. The summed E-state index contributed by atoms with van der Waals surface area (Å²) in [6.45, 7) is 1.79. The highest BCUT2D eigenvalue weighted by atomic mass is 16.6. The summed E-state index contributed by atoms with van der Waals surface area (Å²) in [6, 6.07) is 11.8.